The Balaban J connectivity index is 1.60. The number of rotatable bonds is 13. The fourth-order valence-corrected chi connectivity index (χ4v) is 3.83. The number of unbranched alkanes of at least 4 members (excludes halogenated alkanes) is 5. The lowest BCUT2D eigenvalue weighted by Gasteiger charge is -2.11. The number of carbonyl (C=O) groups is 1. The summed E-state index contributed by atoms with van der Waals surface area (Å²) in [6, 6.07) is 16.7. The van der Waals surface area contributed by atoms with E-state index in [1.54, 1.807) is 36.4 Å². The lowest BCUT2D eigenvalue weighted by atomic mass is 10.0. The van der Waals surface area contributed by atoms with Crippen LogP contribution >= 0.6 is 0 Å². The molecule has 0 aliphatic heterocycles. The summed E-state index contributed by atoms with van der Waals surface area (Å²) >= 11 is 0. The van der Waals surface area contributed by atoms with E-state index in [2.05, 4.69) is 13.8 Å². The van der Waals surface area contributed by atoms with Gasteiger partial charge in [-0.2, -0.15) is 4.39 Å². The van der Waals surface area contributed by atoms with Gasteiger partial charge in [0, 0.05) is 5.56 Å². The number of aryl methyl sites for hydroxylation is 1. The maximum Gasteiger partial charge on any atom is 0.343 e. The molecular weight excluding hydrogens is 446 g/mol. The highest BCUT2D eigenvalue weighted by Crippen LogP contribution is 2.30. The van der Waals surface area contributed by atoms with Crippen molar-refractivity contribution in [3.05, 3.63) is 83.4 Å². The first-order valence-corrected chi connectivity index (χ1v) is 12.6. The zero-order chi connectivity index (χ0) is 25.0. The topological polar surface area (TPSA) is 35.5 Å². The summed E-state index contributed by atoms with van der Waals surface area (Å²) in [4.78, 5) is 12.5. The Labute approximate surface area is 207 Å². The van der Waals surface area contributed by atoms with Crippen LogP contribution in [0.3, 0.4) is 0 Å². The molecule has 0 N–H and O–H groups in total. The van der Waals surface area contributed by atoms with Crippen molar-refractivity contribution in [1.29, 1.82) is 0 Å². The molecule has 186 valence electrons. The van der Waals surface area contributed by atoms with Crippen molar-refractivity contribution in [3.8, 4) is 22.6 Å². The minimum absolute atomic E-state index is 0.0884. The average molecular weight is 481 g/mol. The number of hydrogen-bond acceptors (Lipinski definition) is 3. The third-order valence-electron chi connectivity index (χ3n) is 5.94. The lowest BCUT2D eigenvalue weighted by molar-refractivity contribution is 0.0734. The van der Waals surface area contributed by atoms with Crippen molar-refractivity contribution in [2.24, 2.45) is 0 Å². The molecule has 0 aromatic heterocycles. The summed E-state index contributed by atoms with van der Waals surface area (Å²) in [5, 5.41) is 0. The predicted octanol–water partition coefficient (Wildman–Crippen LogP) is 8.54. The summed E-state index contributed by atoms with van der Waals surface area (Å²) in [6.45, 7) is 4.60. The fourth-order valence-electron chi connectivity index (χ4n) is 3.83. The molecule has 3 aromatic rings. The zero-order valence-electron chi connectivity index (χ0n) is 20.6. The molecule has 5 heteroatoms. The molecule has 0 atom stereocenters. The molecule has 0 saturated carbocycles. The van der Waals surface area contributed by atoms with Gasteiger partial charge in [-0.25, -0.2) is 9.18 Å². The first-order valence-electron chi connectivity index (χ1n) is 12.6. The number of benzene rings is 3. The molecular formula is C30H34F2O3. The summed E-state index contributed by atoms with van der Waals surface area (Å²) in [7, 11) is 0. The van der Waals surface area contributed by atoms with Crippen LogP contribution in [0.5, 0.6) is 11.5 Å². The van der Waals surface area contributed by atoms with Crippen LogP contribution in [-0.2, 0) is 6.42 Å². The second kappa shape index (κ2) is 13.6. The Hall–Kier alpha value is -3.21. The number of hydrogen-bond donors (Lipinski definition) is 0. The highest BCUT2D eigenvalue weighted by molar-refractivity contribution is 5.91. The van der Waals surface area contributed by atoms with Crippen molar-refractivity contribution >= 4 is 5.97 Å². The number of halogens is 2. The van der Waals surface area contributed by atoms with Crippen molar-refractivity contribution in [3.63, 3.8) is 0 Å². The predicted molar refractivity (Wildman–Crippen MR) is 136 cm³/mol. The van der Waals surface area contributed by atoms with E-state index in [-0.39, 0.29) is 11.3 Å². The molecule has 0 heterocycles. The number of esters is 1. The molecule has 0 bridgehead atoms. The smallest absolute Gasteiger partial charge is 0.343 e. The van der Waals surface area contributed by atoms with Crippen LogP contribution in [0.4, 0.5) is 8.78 Å². The van der Waals surface area contributed by atoms with Gasteiger partial charge in [0.05, 0.1) is 12.2 Å². The van der Waals surface area contributed by atoms with Crippen LogP contribution in [0.15, 0.2) is 60.7 Å². The molecule has 3 nitrogen and oxygen atoms in total. The average Bonchev–Trinajstić information content (AvgIpc) is 2.88. The monoisotopic (exact) mass is 480 g/mol. The Morgan fingerprint density at radius 1 is 0.743 bits per heavy atom. The Morgan fingerprint density at radius 3 is 2.11 bits per heavy atom. The van der Waals surface area contributed by atoms with Crippen LogP contribution in [0.1, 0.15) is 74.7 Å². The molecule has 0 radical (unpaired) electrons. The standard InChI is InChI=1S/C30H34F2O3/c1-3-5-7-8-10-22-11-17-25(18-12-22)35-30(33)24-15-13-23(14-16-24)26-19-20-27(29(32)28(26)31)34-21-9-6-4-2/h11-20H,3-10,21H2,1-2H3. The second-order valence-electron chi connectivity index (χ2n) is 8.72. The number of ether oxygens (including phenoxy) is 2. The van der Waals surface area contributed by atoms with E-state index in [9.17, 15) is 13.6 Å². The third-order valence-corrected chi connectivity index (χ3v) is 5.94. The first-order chi connectivity index (χ1) is 17.0. The van der Waals surface area contributed by atoms with Crippen molar-refractivity contribution in [1.82, 2.24) is 0 Å². The molecule has 3 rings (SSSR count). The largest absolute Gasteiger partial charge is 0.490 e. The minimum atomic E-state index is -1.00. The maximum absolute atomic E-state index is 14.7. The molecule has 0 spiro atoms. The normalized spacial score (nSPS) is 10.9. The van der Waals surface area contributed by atoms with Crippen molar-refractivity contribution in [2.45, 2.75) is 65.2 Å². The van der Waals surface area contributed by atoms with Gasteiger partial charge in [0.15, 0.2) is 11.6 Å². The van der Waals surface area contributed by atoms with Gasteiger partial charge in [0.1, 0.15) is 5.75 Å². The van der Waals surface area contributed by atoms with Gasteiger partial charge in [0.2, 0.25) is 5.82 Å². The molecule has 0 amide bonds. The van der Waals surface area contributed by atoms with Gasteiger partial charge in [-0.3, -0.25) is 0 Å². The Morgan fingerprint density at radius 2 is 1.43 bits per heavy atom. The van der Waals surface area contributed by atoms with E-state index in [4.69, 9.17) is 9.47 Å². The van der Waals surface area contributed by atoms with E-state index >= 15 is 0 Å². The molecule has 0 aliphatic rings. The van der Waals surface area contributed by atoms with Crippen molar-refractivity contribution < 1.29 is 23.0 Å². The van der Waals surface area contributed by atoms with Crippen LogP contribution < -0.4 is 9.47 Å². The van der Waals surface area contributed by atoms with Gasteiger partial charge in [-0.1, -0.05) is 70.2 Å². The van der Waals surface area contributed by atoms with Crippen LogP contribution in [0.25, 0.3) is 11.1 Å². The molecule has 3 aromatic carbocycles. The Kier molecular flexibility index (Phi) is 10.3. The molecule has 0 unspecified atom stereocenters. The summed E-state index contributed by atoms with van der Waals surface area (Å²) in [6.07, 6.45) is 8.63. The van der Waals surface area contributed by atoms with Crippen LogP contribution in [0.2, 0.25) is 0 Å². The quantitative estimate of drug-likeness (QED) is 0.140. The van der Waals surface area contributed by atoms with E-state index in [0.717, 1.165) is 32.1 Å². The van der Waals surface area contributed by atoms with Crippen LogP contribution in [-0.4, -0.2) is 12.6 Å². The van der Waals surface area contributed by atoms with E-state index in [1.807, 2.05) is 12.1 Å². The van der Waals surface area contributed by atoms with Gasteiger partial charge >= 0.3 is 5.97 Å². The van der Waals surface area contributed by atoms with Crippen LogP contribution in [0, 0.1) is 11.6 Å². The highest BCUT2D eigenvalue weighted by atomic mass is 19.2. The minimum Gasteiger partial charge on any atom is -0.490 e. The Bertz CT molecular complexity index is 1080. The summed E-state index contributed by atoms with van der Waals surface area (Å²) < 4.78 is 40.0. The fraction of sp³-hybridized carbons (Fsp3) is 0.367. The SMILES string of the molecule is CCCCCCc1ccc(OC(=O)c2ccc(-c3ccc(OCCCCC)c(F)c3F)cc2)cc1. The van der Waals surface area contributed by atoms with Crippen molar-refractivity contribution in [2.75, 3.05) is 6.61 Å². The lowest BCUT2D eigenvalue weighted by Crippen LogP contribution is -2.08. The van der Waals surface area contributed by atoms with E-state index in [1.165, 1.54) is 37.0 Å². The van der Waals surface area contributed by atoms with Gasteiger partial charge in [-0.15, -0.1) is 0 Å². The third kappa shape index (κ3) is 7.64. The van der Waals surface area contributed by atoms with Gasteiger partial charge in [-0.05, 0) is 66.8 Å². The first kappa shape index (κ1) is 26.4. The van der Waals surface area contributed by atoms with Gasteiger partial charge in [0.25, 0.3) is 0 Å². The maximum atomic E-state index is 14.7. The number of carbonyl (C=O) groups excluding carboxylic acids is 1. The summed E-state index contributed by atoms with van der Waals surface area (Å²) in [5.74, 6) is -2.09. The summed E-state index contributed by atoms with van der Waals surface area (Å²) in [5.41, 5.74) is 2.12. The van der Waals surface area contributed by atoms with E-state index in [0.29, 0.717) is 23.5 Å². The van der Waals surface area contributed by atoms with E-state index < -0.39 is 17.6 Å². The molecule has 0 fully saturated rings. The zero-order valence-corrected chi connectivity index (χ0v) is 20.6. The molecule has 0 aliphatic carbocycles. The second-order valence-corrected chi connectivity index (χ2v) is 8.72. The molecule has 35 heavy (non-hydrogen) atoms. The van der Waals surface area contributed by atoms with Gasteiger partial charge < -0.3 is 9.47 Å². The highest BCUT2D eigenvalue weighted by Gasteiger charge is 2.17. The molecule has 0 saturated heterocycles.